The lowest BCUT2D eigenvalue weighted by atomic mass is 9.95. The molecule has 2 atom stereocenters. The van der Waals surface area contributed by atoms with E-state index in [1.807, 2.05) is 13.8 Å². The summed E-state index contributed by atoms with van der Waals surface area (Å²) in [6.07, 6.45) is 2.84. The number of rotatable bonds is 16. The molecule has 140 valence electrons. The van der Waals surface area contributed by atoms with Crippen molar-refractivity contribution in [1.29, 1.82) is 0 Å². The topological polar surface area (TPSA) is 132 Å². The molecule has 0 heterocycles. The van der Waals surface area contributed by atoms with E-state index in [1.165, 1.54) is 0 Å². The van der Waals surface area contributed by atoms with Gasteiger partial charge in [-0.25, -0.2) is 0 Å². The van der Waals surface area contributed by atoms with Crippen molar-refractivity contribution in [2.45, 2.75) is 57.3 Å². The van der Waals surface area contributed by atoms with E-state index in [0.29, 0.717) is 52.5 Å². The van der Waals surface area contributed by atoms with Gasteiger partial charge in [-0.15, -0.1) is 0 Å². The summed E-state index contributed by atoms with van der Waals surface area (Å²) in [4.78, 5) is 0. The molecule has 0 aliphatic rings. The average Bonchev–Trinajstić information content (AvgIpc) is 2.48. The minimum absolute atomic E-state index is 0.128. The van der Waals surface area contributed by atoms with Crippen LogP contribution in [0.25, 0.3) is 0 Å². The molecule has 0 aromatic rings. The Morgan fingerprint density at radius 1 is 0.783 bits per heavy atom. The van der Waals surface area contributed by atoms with Crippen molar-refractivity contribution < 1.29 is 14.2 Å². The van der Waals surface area contributed by atoms with Crippen molar-refractivity contribution in [2.24, 2.45) is 22.9 Å². The summed E-state index contributed by atoms with van der Waals surface area (Å²) in [5.74, 6) is 0. The molecular formula is C16H38N4O3. The van der Waals surface area contributed by atoms with Crippen molar-refractivity contribution in [3.05, 3.63) is 0 Å². The van der Waals surface area contributed by atoms with Crippen molar-refractivity contribution in [3.8, 4) is 0 Å². The number of ether oxygens (including phenoxy) is 3. The predicted molar refractivity (Wildman–Crippen MR) is 94.2 cm³/mol. The summed E-state index contributed by atoms with van der Waals surface area (Å²) in [5, 5.41) is 0. The fourth-order valence-corrected chi connectivity index (χ4v) is 2.10. The van der Waals surface area contributed by atoms with Gasteiger partial charge in [0.1, 0.15) is 6.10 Å². The van der Waals surface area contributed by atoms with Gasteiger partial charge in [0.2, 0.25) is 0 Å². The molecule has 0 aromatic carbocycles. The first-order valence-corrected chi connectivity index (χ1v) is 8.64. The molecule has 0 bridgehead atoms. The molecule has 0 aliphatic heterocycles. The molecule has 0 amide bonds. The van der Waals surface area contributed by atoms with Gasteiger partial charge in [0.05, 0.1) is 12.7 Å². The SMILES string of the molecule is CC(C)(N)CC(OCCCN)C(COCCCN)OCCCN. The summed E-state index contributed by atoms with van der Waals surface area (Å²) in [7, 11) is 0. The predicted octanol–water partition coefficient (Wildman–Crippen LogP) is -0.0528. The number of nitrogens with two attached hydrogens (primary N) is 4. The lowest BCUT2D eigenvalue weighted by Gasteiger charge is -2.32. The molecule has 7 heteroatoms. The van der Waals surface area contributed by atoms with E-state index in [1.54, 1.807) is 0 Å². The average molecular weight is 335 g/mol. The fraction of sp³-hybridized carbons (Fsp3) is 1.00. The molecule has 8 N–H and O–H groups in total. The fourth-order valence-electron chi connectivity index (χ4n) is 2.10. The van der Waals surface area contributed by atoms with Crippen LogP contribution in [0.15, 0.2) is 0 Å². The van der Waals surface area contributed by atoms with Gasteiger partial charge in [-0.1, -0.05) is 0 Å². The number of hydrogen-bond donors (Lipinski definition) is 4. The van der Waals surface area contributed by atoms with Crippen LogP contribution < -0.4 is 22.9 Å². The van der Waals surface area contributed by atoms with Crippen LogP contribution in [-0.2, 0) is 14.2 Å². The van der Waals surface area contributed by atoms with Gasteiger partial charge < -0.3 is 37.1 Å². The lowest BCUT2D eigenvalue weighted by Crippen LogP contribution is -2.45. The Kier molecular flexibility index (Phi) is 13.9. The Bertz CT molecular complexity index is 262. The zero-order valence-corrected chi connectivity index (χ0v) is 15.0. The lowest BCUT2D eigenvalue weighted by molar-refractivity contribution is -0.111. The second kappa shape index (κ2) is 14.1. The van der Waals surface area contributed by atoms with Gasteiger partial charge in [0, 0.05) is 25.4 Å². The third-order valence-corrected chi connectivity index (χ3v) is 3.28. The van der Waals surface area contributed by atoms with Gasteiger partial charge in [-0.3, -0.25) is 0 Å². The molecule has 0 radical (unpaired) electrons. The monoisotopic (exact) mass is 334 g/mol. The van der Waals surface area contributed by atoms with E-state index in [0.717, 1.165) is 19.3 Å². The van der Waals surface area contributed by atoms with E-state index in [-0.39, 0.29) is 17.7 Å². The normalized spacial score (nSPS) is 14.9. The summed E-state index contributed by atoms with van der Waals surface area (Å²) in [6, 6.07) is 0. The Morgan fingerprint density at radius 2 is 1.26 bits per heavy atom. The standard InChI is InChI=1S/C16H38N4O3/c1-16(2,20)12-14(22-10-4-7-18)15(23-11-5-8-19)13-21-9-3-6-17/h14-15H,3-13,17-20H2,1-2H3. The Balaban J connectivity index is 4.63. The van der Waals surface area contributed by atoms with Gasteiger partial charge in [-0.2, -0.15) is 0 Å². The van der Waals surface area contributed by atoms with Gasteiger partial charge in [-0.05, 0) is 59.2 Å². The Hall–Kier alpha value is -0.280. The van der Waals surface area contributed by atoms with Crippen LogP contribution in [0.2, 0.25) is 0 Å². The Labute approximate surface area is 141 Å². The molecule has 0 saturated heterocycles. The maximum atomic E-state index is 6.17. The van der Waals surface area contributed by atoms with E-state index in [2.05, 4.69) is 0 Å². The first-order chi connectivity index (χ1) is 10.9. The van der Waals surface area contributed by atoms with Crippen LogP contribution in [-0.4, -0.2) is 63.8 Å². The number of hydrogen-bond acceptors (Lipinski definition) is 7. The third kappa shape index (κ3) is 13.8. The molecule has 0 fully saturated rings. The molecule has 23 heavy (non-hydrogen) atoms. The zero-order chi connectivity index (χ0) is 17.6. The van der Waals surface area contributed by atoms with Crippen LogP contribution in [0, 0.1) is 0 Å². The van der Waals surface area contributed by atoms with Crippen LogP contribution in [0.4, 0.5) is 0 Å². The quantitative estimate of drug-likeness (QED) is 0.291. The highest BCUT2D eigenvalue weighted by Crippen LogP contribution is 2.17. The second-order valence-electron chi connectivity index (χ2n) is 6.51. The van der Waals surface area contributed by atoms with Crippen molar-refractivity contribution in [2.75, 3.05) is 46.1 Å². The maximum Gasteiger partial charge on any atom is 0.107 e. The summed E-state index contributed by atoms with van der Waals surface area (Å²) in [6.45, 7) is 8.05. The summed E-state index contributed by atoms with van der Waals surface area (Å²) < 4.78 is 17.6. The zero-order valence-electron chi connectivity index (χ0n) is 15.0. The van der Waals surface area contributed by atoms with Crippen molar-refractivity contribution >= 4 is 0 Å². The maximum absolute atomic E-state index is 6.17. The molecule has 0 saturated carbocycles. The van der Waals surface area contributed by atoms with E-state index >= 15 is 0 Å². The molecular weight excluding hydrogens is 296 g/mol. The molecule has 0 spiro atoms. The Morgan fingerprint density at radius 3 is 1.74 bits per heavy atom. The van der Waals surface area contributed by atoms with Crippen LogP contribution >= 0.6 is 0 Å². The molecule has 0 aromatic heterocycles. The molecule has 0 rings (SSSR count). The molecule has 7 nitrogen and oxygen atoms in total. The van der Waals surface area contributed by atoms with E-state index in [9.17, 15) is 0 Å². The van der Waals surface area contributed by atoms with Gasteiger partial charge in [0.25, 0.3) is 0 Å². The largest absolute Gasteiger partial charge is 0.379 e. The minimum Gasteiger partial charge on any atom is -0.379 e. The summed E-state index contributed by atoms with van der Waals surface area (Å²) in [5.41, 5.74) is 22.4. The van der Waals surface area contributed by atoms with Crippen LogP contribution in [0.3, 0.4) is 0 Å². The molecule has 0 aliphatic carbocycles. The van der Waals surface area contributed by atoms with E-state index in [4.69, 9.17) is 37.1 Å². The first kappa shape index (κ1) is 22.7. The van der Waals surface area contributed by atoms with Crippen molar-refractivity contribution in [3.63, 3.8) is 0 Å². The highest BCUT2D eigenvalue weighted by Gasteiger charge is 2.28. The minimum atomic E-state index is -0.347. The highest BCUT2D eigenvalue weighted by molar-refractivity contribution is 4.82. The van der Waals surface area contributed by atoms with Gasteiger partial charge >= 0.3 is 0 Å². The van der Waals surface area contributed by atoms with Crippen molar-refractivity contribution in [1.82, 2.24) is 0 Å². The highest BCUT2D eigenvalue weighted by atomic mass is 16.6. The first-order valence-electron chi connectivity index (χ1n) is 8.64. The molecule has 2 unspecified atom stereocenters. The summed E-state index contributed by atoms with van der Waals surface area (Å²) >= 11 is 0. The van der Waals surface area contributed by atoms with E-state index < -0.39 is 0 Å². The smallest absolute Gasteiger partial charge is 0.107 e. The van der Waals surface area contributed by atoms with Crippen LogP contribution in [0.5, 0.6) is 0 Å². The van der Waals surface area contributed by atoms with Gasteiger partial charge in [0.15, 0.2) is 0 Å². The van der Waals surface area contributed by atoms with Crippen LogP contribution in [0.1, 0.15) is 39.5 Å². The third-order valence-electron chi connectivity index (χ3n) is 3.28. The second-order valence-corrected chi connectivity index (χ2v) is 6.51.